The highest BCUT2D eigenvalue weighted by atomic mass is 16.5. The minimum atomic E-state index is 0.864. The van der Waals surface area contributed by atoms with Crippen molar-refractivity contribution >= 4 is 10.9 Å². The number of H-pyrrole nitrogens is 1. The quantitative estimate of drug-likeness (QED) is 0.913. The molecular weight excluding hydrogens is 236 g/mol. The fraction of sp³-hybridized carbons (Fsp3) is 0.500. The number of nitrogens with one attached hydrogen (secondary N) is 1. The van der Waals surface area contributed by atoms with Crippen LogP contribution in [0.15, 0.2) is 24.4 Å². The number of ether oxygens (including phenoxy) is 1. The van der Waals surface area contributed by atoms with Gasteiger partial charge in [0, 0.05) is 30.2 Å². The number of aromatic amines is 1. The van der Waals surface area contributed by atoms with Gasteiger partial charge in [-0.2, -0.15) is 0 Å². The van der Waals surface area contributed by atoms with Crippen molar-refractivity contribution in [2.45, 2.75) is 19.8 Å². The highest BCUT2D eigenvalue weighted by molar-refractivity contribution is 5.84. The third-order valence-corrected chi connectivity index (χ3v) is 4.18. The Labute approximate surface area is 114 Å². The summed E-state index contributed by atoms with van der Waals surface area (Å²) >= 11 is 0. The molecular formula is C16H22N2O. The highest BCUT2D eigenvalue weighted by Crippen LogP contribution is 2.24. The molecule has 1 aromatic carbocycles. The number of fused-ring (bicyclic) bond motifs is 1. The zero-order valence-electron chi connectivity index (χ0n) is 11.8. The molecule has 1 aliphatic heterocycles. The van der Waals surface area contributed by atoms with Crippen molar-refractivity contribution in [1.82, 2.24) is 9.88 Å². The number of rotatable bonds is 4. The van der Waals surface area contributed by atoms with Crippen LogP contribution in [0.2, 0.25) is 0 Å². The van der Waals surface area contributed by atoms with Crippen LogP contribution >= 0.6 is 0 Å². The lowest BCUT2D eigenvalue weighted by atomic mass is 10.1. The van der Waals surface area contributed by atoms with Crippen molar-refractivity contribution in [3.63, 3.8) is 0 Å². The first-order valence-electron chi connectivity index (χ1n) is 7.12. The van der Waals surface area contributed by atoms with Gasteiger partial charge in [-0.05, 0) is 49.1 Å². The highest BCUT2D eigenvalue weighted by Gasteiger charge is 2.18. The Morgan fingerprint density at radius 1 is 1.42 bits per heavy atom. The minimum Gasteiger partial charge on any atom is -0.497 e. The Morgan fingerprint density at radius 3 is 3.05 bits per heavy atom. The standard InChI is InChI=1S/C16H22N2O/c1-12-5-7-18(11-12)8-6-13-10-17-16-4-3-14(19-2)9-15(13)16/h3-4,9-10,12,17H,5-8,11H2,1-2H3/t12-/m1/s1. The van der Waals surface area contributed by atoms with Gasteiger partial charge in [-0.1, -0.05) is 6.92 Å². The summed E-state index contributed by atoms with van der Waals surface area (Å²) in [5.41, 5.74) is 2.60. The molecule has 2 heterocycles. The molecule has 0 unspecified atom stereocenters. The monoisotopic (exact) mass is 258 g/mol. The second-order valence-corrected chi connectivity index (χ2v) is 5.67. The summed E-state index contributed by atoms with van der Waals surface area (Å²) in [6.45, 7) is 6.02. The minimum absolute atomic E-state index is 0.864. The molecule has 1 N–H and O–H groups in total. The van der Waals surface area contributed by atoms with E-state index < -0.39 is 0 Å². The molecule has 0 amide bonds. The van der Waals surface area contributed by atoms with E-state index in [4.69, 9.17) is 4.74 Å². The lowest BCUT2D eigenvalue weighted by molar-refractivity contribution is 0.332. The topological polar surface area (TPSA) is 28.3 Å². The summed E-state index contributed by atoms with van der Waals surface area (Å²) in [5.74, 6) is 1.80. The van der Waals surface area contributed by atoms with Crippen molar-refractivity contribution in [1.29, 1.82) is 0 Å². The van der Waals surface area contributed by atoms with E-state index in [1.165, 1.54) is 36.0 Å². The predicted molar refractivity (Wildman–Crippen MR) is 78.8 cm³/mol. The SMILES string of the molecule is COc1ccc2[nH]cc(CCN3CC[C@@H](C)C3)c2c1. The van der Waals surface area contributed by atoms with Crippen LogP contribution in [0.3, 0.4) is 0 Å². The van der Waals surface area contributed by atoms with Crippen LogP contribution in [0.1, 0.15) is 18.9 Å². The van der Waals surface area contributed by atoms with Gasteiger partial charge in [-0.15, -0.1) is 0 Å². The molecule has 0 bridgehead atoms. The molecule has 3 rings (SSSR count). The van der Waals surface area contributed by atoms with Gasteiger partial charge in [0.2, 0.25) is 0 Å². The maximum Gasteiger partial charge on any atom is 0.119 e. The average Bonchev–Trinajstić information content (AvgIpc) is 3.02. The predicted octanol–water partition coefficient (Wildman–Crippen LogP) is 3.06. The van der Waals surface area contributed by atoms with E-state index in [0.29, 0.717) is 0 Å². The molecule has 1 saturated heterocycles. The summed E-state index contributed by atoms with van der Waals surface area (Å²) in [6, 6.07) is 6.23. The lowest BCUT2D eigenvalue weighted by Gasteiger charge is -2.14. The normalized spacial score (nSPS) is 20.2. The fourth-order valence-electron chi connectivity index (χ4n) is 3.00. The number of hydrogen-bond acceptors (Lipinski definition) is 2. The van der Waals surface area contributed by atoms with Crippen LogP contribution in [-0.4, -0.2) is 36.6 Å². The van der Waals surface area contributed by atoms with Crippen LogP contribution in [-0.2, 0) is 6.42 Å². The summed E-state index contributed by atoms with van der Waals surface area (Å²) in [5, 5.41) is 1.30. The van der Waals surface area contributed by atoms with Gasteiger partial charge in [-0.25, -0.2) is 0 Å². The molecule has 0 spiro atoms. The zero-order valence-corrected chi connectivity index (χ0v) is 11.8. The second kappa shape index (κ2) is 5.25. The van der Waals surface area contributed by atoms with Gasteiger partial charge in [-0.3, -0.25) is 0 Å². The Morgan fingerprint density at radius 2 is 2.32 bits per heavy atom. The lowest BCUT2D eigenvalue weighted by Crippen LogP contribution is -2.22. The van der Waals surface area contributed by atoms with Crippen LogP contribution in [0.4, 0.5) is 0 Å². The molecule has 1 atom stereocenters. The molecule has 3 heteroatoms. The van der Waals surface area contributed by atoms with Crippen molar-refractivity contribution < 1.29 is 4.74 Å². The van der Waals surface area contributed by atoms with E-state index in [-0.39, 0.29) is 0 Å². The van der Waals surface area contributed by atoms with Crippen molar-refractivity contribution in [2.75, 3.05) is 26.7 Å². The molecule has 0 aliphatic carbocycles. The first kappa shape index (κ1) is 12.5. The number of methoxy groups -OCH3 is 1. The molecule has 0 radical (unpaired) electrons. The van der Waals surface area contributed by atoms with E-state index >= 15 is 0 Å². The maximum atomic E-state index is 5.31. The summed E-state index contributed by atoms with van der Waals surface area (Å²) < 4.78 is 5.31. The molecule has 19 heavy (non-hydrogen) atoms. The van der Waals surface area contributed by atoms with E-state index in [0.717, 1.165) is 24.6 Å². The number of likely N-dealkylation sites (tertiary alicyclic amines) is 1. The number of nitrogens with zero attached hydrogens (tertiary/aromatic N) is 1. The van der Waals surface area contributed by atoms with Crippen molar-refractivity contribution in [3.8, 4) is 5.75 Å². The number of hydrogen-bond donors (Lipinski definition) is 1. The third-order valence-electron chi connectivity index (χ3n) is 4.18. The fourth-order valence-corrected chi connectivity index (χ4v) is 3.00. The molecule has 1 aliphatic rings. The van der Waals surface area contributed by atoms with Gasteiger partial charge in [0.25, 0.3) is 0 Å². The molecule has 1 fully saturated rings. The van der Waals surface area contributed by atoms with E-state index in [2.05, 4.69) is 35.1 Å². The first-order chi connectivity index (χ1) is 9.26. The third kappa shape index (κ3) is 2.61. The van der Waals surface area contributed by atoms with Crippen LogP contribution in [0, 0.1) is 5.92 Å². The van der Waals surface area contributed by atoms with E-state index in [9.17, 15) is 0 Å². The van der Waals surface area contributed by atoms with E-state index in [1.54, 1.807) is 7.11 Å². The number of aromatic nitrogens is 1. The van der Waals surface area contributed by atoms with E-state index in [1.807, 2.05) is 6.07 Å². The van der Waals surface area contributed by atoms with Gasteiger partial charge in [0.1, 0.15) is 5.75 Å². The van der Waals surface area contributed by atoms with Crippen LogP contribution in [0.5, 0.6) is 5.75 Å². The molecule has 1 aromatic heterocycles. The Kier molecular flexibility index (Phi) is 3.47. The molecule has 3 nitrogen and oxygen atoms in total. The summed E-state index contributed by atoms with van der Waals surface area (Å²) in [4.78, 5) is 5.92. The average molecular weight is 258 g/mol. The zero-order chi connectivity index (χ0) is 13.2. The molecule has 2 aromatic rings. The van der Waals surface area contributed by atoms with Gasteiger partial charge >= 0.3 is 0 Å². The van der Waals surface area contributed by atoms with Crippen LogP contribution < -0.4 is 4.74 Å². The Bertz CT molecular complexity index is 561. The van der Waals surface area contributed by atoms with Crippen molar-refractivity contribution in [2.24, 2.45) is 5.92 Å². The Hall–Kier alpha value is -1.48. The second-order valence-electron chi connectivity index (χ2n) is 5.67. The van der Waals surface area contributed by atoms with Crippen LogP contribution in [0.25, 0.3) is 10.9 Å². The largest absolute Gasteiger partial charge is 0.497 e. The molecule has 102 valence electrons. The summed E-state index contributed by atoms with van der Waals surface area (Å²) in [6.07, 6.45) is 4.60. The Balaban J connectivity index is 1.73. The number of benzene rings is 1. The van der Waals surface area contributed by atoms with Gasteiger partial charge < -0.3 is 14.6 Å². The van der Waals surface area contributed by atoms with Gasteiger partial charge in [0.05, 0.1) is 7.11 Å². The van der Waals surface area contributed by atoms with Crippen molar-refractivity contribution in [3.05, 3.63) is 30.0 Å². The summed E-state index contributed by atoms with van der Waals surface area (Å²) in [7, 11) is 1.72. The smallest absolute Gasteiger partial charge is 0.119 e. The molecule has 0 saturated carbocycles. The van der Waals surface area contributed by atoms with Gasteiger partial charge in [0.15, 0.2) is 0 Å². The first-order valence-corrected chi connectivity index (χ1v) is 7.12. The maximum absolute atomic E-state index is 5.31.